The van der Waals surface area contributed by atoms with E-state index < -0.39 is 0 Å². The summed E-state index contributed by atoms with van der Waals surface area (Å²) in [6.45, 7) is 9.53. The van der Waals surface area contributed by atoms with Crippen LogP contribution in [0.2, 0.25) is 0 Å². The van der Waals surface area contributed by atoms with E-state index in [0.29, 0.717) is 5.92 Å². The first-order valence-electron chi connectivity index (χ1n) is 7.26. The van der Waals surface area contributed by atoms with Crippen LogP contribution in [0.15, 0.2) is 42.0 Å². The van der Waals surface area contributed by atoms with E-state index >= 15 is 0 Å². The van der Waals surface area contributed by atoms with Crippen molar-refractivity contribution in [2.75, 3.05) is 32.8 Å². The minimum Gasteiger partial charge on any atom is -0.379 e. The van der Waals surface area contributed by atoms with Crippen LogP contribution in [0, 0.1) is 0 Å². The average Bonchev–Trinajstić information content (AvgIpc) is 2.47. The maximum Gasteiger partial charge on any atom is 0.0594 e. The second-order valence-electron chi connectivity index (χ2n) is 5.49. The molecule has 2 heteroatoms. The van der Waals surface area contributed by atoms with Crippen molar-refractivity contribution in [1.29, 1.82) is 0 Å². The lowest BCUT2D eigenvalue weighted by Crippen LogP contribution is -2.37. The fourth-order valence-electron chi connectivity index (χ4n) is 2.47. The van der Waals surface area contributed by atoms with Gasteiger partial charge < -0.3 is 4.74 Å². The SMILES string of the molecule is C/C(=C\CC(C)c1ccccc1)CN1CCOCC1. The quantitative estimate of drug-likeness (QED) is 0.751. The molecule has 1 saturated heterocycles. The maximum atomic E-state index is 5.38. The van der Waals surface area contributed by atoms with Gasteiger partial charge in [0, 0.05) is 19.6 Å². The highest BCUT2D eigenvalue weighted by Crippen LogP contribution is 2.19. The lowest BCUT2D eigenvalue weighted by molar-refractivity contribution is 0.0422. The molecule has 0 saturated carbocycles. The third-order valence-corrected chi connectivity index (χ3v) is 3.77. The number of nitrogens with zero attached hydrogens (tertiary/aromatic N) is 1. The third kappa shape index (κ3) is 4.81. The zero-order valence-corrected chi connectivity index (χ0v) is 12.1. The van der Waals surface area contributed by atoms with E-state index in [1.807, 2.05) is 0 Å². The fraction of sp³-hybridized carbons (Fsp3) is 0.529. The molecule has 0 spiro atoms. The molecule has 1 atom stereocenters. The smallest absolute Gasteiger partial charge is 0.0594 e. The highest BCUT2D eigenvalue weighted by molar-refractivity contribution is 5.20. The number of hydrogen-bond donors (Lipinski definition) is 0. The Hall–Kier alpha value is -1.12. The normalized spacial score (nSPS) is 19.4. The summed E-state index contributed by atoms with van der Waals surface area (Å²) in [7, 11) is 0. The Morgan fingerprint density at radius 1 is 1.26 bits per heavy atom. The average molecular weight is 259 g/mol. The van der Waals surface area contributed by atoms with Crippen LogP contribution in [0.5, 0.6) is 0 Å². The standard InChI is InChI=1S/C17H25NO/c1-15(14-18-10-12-19-13-11-18)8-9-16(2)17-6-4-3-5-7-17/h3-8,16H,9-14H2,1-2H3/b15-8+. The monoisotopic (exact) mass is 259 g/mol. The molecule has 1 aliphatic heterocycles. The summed E-state index contributed by atoms with van der Waals surface area (Å²) in [5.74, 6) is 0.598. The molecule has 1 aromatic rings. The largest absolute Gasteiger partial charge is 0.379 e. The molecule has 0 bridgehead atoms. The Bertz CT molecular complexity index is 393. The zero-order valence-electron chi connectivity index (χ0n) is 12.1. The summed E-state index contributed by atoms with van der Waals surface area (Å²) >= 11 is 0. The van der Waals surface area contributed by atoms with Crippen LogP contribution in [-0.2, 0) is 4.74 Å². The molecule has 1 aromatic carbocycles. The second-order valence-corrected chi connectivity index (χ2v) is 5.49. The van der Waals surface area contributed by atoms with E-state index in [9.17, 15) is 0 Å². The fourth-order valence-corrected chi connectivity index (χ4v) is 2.47. The Balaban J connectivity index is 1.80. The maximum absolute atomic E-state index is 5.38. The lowest BCUT2D eigenvalue weighted by atomic mass is 9.97. The third-order valence-electron chi connectivity index (χ3n) is 3.77. The van der Waals surface area contributed by atoms with E-state index in [1.54, 1.807) is 0 Å². The van der Waals surface area contributed by atoms with Gasteiger partial charge in [-0.3, -0.25) is 4.90 Å². The van der Waals surface area contributed by atoms with E-state index in [-0.39, 0.29) is 0 Å². The first-order valence-corrected chi connectivity index (χ1v) is 7.26. The van der Waals surface area contributed by atoms with Gasteiger partial charge in [-0.25, -0.2) is 0 Å². The molecule has 0 radical (unpaired) electrons. The molecule has 2 nitrogen and oxygen atoms in total. The van der Waals surface area contributed by atoms with Gasteiger partial charge in [-0.15, -0.1) is 0 Å². The van der Waals surface area contributed by atoms with Gasteiger partial charge in [-0.1, -0.05) is 48.9 Å². The Morgan fingerprint density at radius 3 is 2.63 bits per heavy atom. The number of benzene rings is 1. The van der Waals surface area contributed by atoms with E-state index in [2.05, 4.69) is 55.2 Å². The number of rotatable bonds is 5. The number of allylic oxidation sites excluding steroid dienone is 1. The van der Waals surface area contributed by atoms with Crippen molar-refractivity contribution in [2.24, 2.45) is 0 Å². The van der Waals surface area contributed by atoms with Crippen LogP contribution in [0.3, 0.4) is 0 Å². The van der Waals surface area contributed by atoms with Crippen LogP contribution in [0.1, 0.15) is 31.7 Å². The first kappa shape index (κ1) is 14.3. The van der Waals surface area contributed by atoms with Crippen molar-refractivity contribution in [2.45, 2.75) is 26.2 Å². The summed E-state index contributed by atoms with van der Waals surface area (Å²) in [5, 5.41) is 0. The predicted molar refractivity (Wildman–Crippen MR) is 80.5 cm³/mol. The van der Waals surface area contributed by atoms with Crippen molar-refractivity contribution in [1.82, 2.24) is 4.90 Å². The highest BCUT2D eigenvalue weighted by Gasteiger charge is 2.10. The molecule has 19 heavy (non-hydrogen) atoms. The summed E-state index contributed by atoms with van der Waals surface area (Å²) in [5.41, 5.74) is 2.91. The van der Waals surface area contributed by atoms with Gasteiger partial charge in [0.05, 0.1) is 13.2 Å². The highest BCUT2D eigenvalue weighted by atomic mass is 16.5. The number of ether oxygens (including phenoxy) is 1. The molecule has 1 unspecified atom stereocenters. The minimum atomic E-state index is 0.598. The number of morpholine rings is 1. The van der Waals surface area contributed by atoms with Crippen LogP contribution in [0.4, 0.5) is 0 Å². The van der Waals surface area contributed by atoms with Crippen LogP contribution >= 0.6 is 0 Å². The first-order chi connectivity index (χ1) is 9.25. The topological polar surface area (TPSA) is 12.5 Å². The molecule has 1 heterocycles. The van der Waals surface area contributed by atoms with E-state index in [4.69, 9.17) is 4.74 Å². The summed E-state index contributed by atoms with van der Waals surface area (Å²) in [4.78, 5) is 2.47. The van der Waals surface area contributed by atoms with Crippen LogP contribution < -0.4 is 0 Å². The molecule has 1 fully saturated rings. The predicted octanol–water partition coefficient (Wildman–Crippen LogP) is 3.46. The molecular weight excluding hydrogens is 234 g/mol. The molecule has 0 aromatic heterocycles. The van der Waals surface area contributed by atoms with Gasteiger partial charge in [-0.2, -0.15) is 0 Å². The number of hydrogen-bond acceptors (Lipinski definition) is 2. The van der Waals surface area contributed by atoms with Crippen LogP contribution in [0.25, 0.3) is 0 Å². The lowest BCUT2D eigenvalue weighted by Gasteiger charge is -2.26. The second kappa shape index (κ2) is 7.46. The zero-order chi connectivity index (χ0) is 13.5. The van der Waals surface area contributed by atoms with Gasteiger partial charge in [0.25, 0.3) is 0 Å². The van der Waals surface area contributed by atoms with E-state index in [1.165, 1.54) is 11.1 Å². The summed E-state index contributed by atoms with van der Waals surface area (Å²) < 4.78 is 5.38. The molecule has 0 N–H and O–H groups in total. The Kier molecular flexibility index (Phi) is 5.62. The van der Waals surface area contributed by atoms with Crippen molar-refractivity contribution < 1.29 is 4.74 Å². The van der Waals surface area contributed by atoms with Gasteiger partial charge in [0.15, 0.2) is 0 Å². The van der Waals surface area contributed by atoms with Crippen molar-refractivity contribution >= 4 is 0 Å². The van der Waals surface area contributed by atoms with Crippen molar-refractivity contribution in [3.05, 3.63) is 47.5 Å². The van der Waals surface area contributed by atoms with Gasteiger partial charge >= 0.3 is 0 Å². The minimum absolute atomic E-state index is 0.598. The van der Waals surface area contributed by atoms with Crippen molar-refractivity contribution in [3.8, 4) is 0 Å². The summed E-state index contributed by atoms with van der Waals surface area (Å²) in [6, 6.07) is 10.8. The van der Waals surface area contributed by atoms with E-state index in [0.717, 1.165) is 39.3 Å². The van der Waals surface area contributed by atoms with Crippen molar-refractivity contribution in [3.63, 3.8) is 0 Å². The summed E-state index contributed by atoms with van der Waals surface area (Å²) in [6.07, 6.45) is 3.52. The molecule has 104 valence electrons. The van der Waals surface area contributed by atoms with Crippen LogP contribution in [-0.4, -0.2) is 37.7 Å². The van der Waals surface area contributed by atoms with Gasteiger partial charge in [0.2, 0.25) is 0 Å². The molecule has 2 rings (SSSR count). The molecule has 0 amide bonds. The van der Waals surface area contributed by atoms with Gasteiger partial charge in [-0.05, 0) is 24.8 Å². The Morgan fingerprint density at radius 2 is 1.95 bits per heavy atom. The molecule has 1 aliphatic rings. The van der Waals surface area contributed by atoms with Gasteiger partial charge in [0.1, 0.15) is 0 Å². The molecule has 0 aliphatic carbocycles. The Labute approximate surface area is 117 Å². The molecular formula is C17H25NO.